The van der Waals surface area contributed by atoms with E-state index in [1.807, 2.05) is 0 Å². The maximum Gasteiger partial charge on any atom is 0.293 e. The normalized spacial score (nSPS) is 25.3. The molecule has 6 heteroatoms. The van der Waals surface area contributed by atoms with E-state index in [0.717, 1.165) is 19.3 Å². The van der Waals surface area contributed by atoms with Gasteiger partial charge >= 0.3 is 0 Å². The summed E-state index contributed by atoms with van der Waals surface area (Å²) in [6.45, 7) is 4.40. The molecule has 1 amide bonds. The molecule has 3 atom stereocenters. The zero-order valence-electron chi connectivity index (χ0n) is 12.3. The van der Waals surface area contributed by atoms with Crippen molar-refractivity contribution in [1.29, 1.82) is 0 Å². The molecule has 2 rings (SSSR count). The molecule has 0 bridgehead atoms. The number of carbonyl (C=O) groups is 1. The SMILES string of the molecule is CC1CCC(Nc2ccc(C(N)=O)cc2[N+](=O)[O-])C(C)C1. The van der Waals surface area contributed by atoms with Crippen LogP contribution in [0.15, 0.2) is 18.2 Å². The smallest absolute Gasteiger partial charge is 0.293 e. The molecule has 0 radical (unpaired) electrons. The topological polar surface area (TPSA) is 98.3 Å². The van der Waals surface area contributed by atoms with Gasteiger partial charge in [0.05, 0.1) is 4.92 Å². The third-order valence-electron chi connectivity index (χ3n) is 4.25. The molecular formula is C15H21N3O3. The quantitative estimate of drug-likeness (QED) is 0.658. The van der Waals surface area contributed by atoms with Crippen LogP contribution >= 0.6 is 0 Å². The van der Waals surface area contributed by atoms with Crippen molar-refractivity contribution in [3.63, 3.8) is 0 Å². The fraction of sp³-hybridized carbons (Fsp3) is 0.533. The van der Waals surface area contributed by atoms with Crippen molar-refractivity contribution in [2.24, 2.45) is 17.6 Å². The molecule has 3 N–H and O–H groups in total. The molecule has 1 saturated carbocycles. The summed E-state index contributed by atoms with van der Waals surface area (Å²) in [4.78, 5) is 21.8. The first-order valence-electron chi connectivity index (χ1n) is 7.23. The van der Waals surface area contributed by atoms with Crippen LogP contribution in [0.4, 0.5) is 11.4 Å². The lowest BCUT2D eigenvalue weighted by Gasteiger charge is -2.33. The van der Waals surface area contributed by atoms with E-state index < -0.39 is 10.8 Å². The fourth-order valence-corrected chi connectivity index (χ4v) is 3.04. The lowest BCUT2D eigenvalue weighted by Crippen LogP contribution is -2.33. The number of rotatable bonds is 4. The van der Waals surface area contributed by atoms with Gasteiger partial charge in [-0.15, -0.1) is 0 Å². The zero-order valence-corrected chi connectivity index (χ0v) is 12.3. The first-order valence-corrected chi connectivity index (χ1v) is 7.23. The van der Waals surface area contributed by atoms with Crippen LogP contribution in [0.5, 0.6) is 0 Å². The van der Waals surface area contributed by atoms with Gasteiger partial charge in [0.2, 0.25) is 5.91 Å². The largest absolute Gasteiger partial charge is 0.376 e. The molecule has 1 aromatic rings. The summed E-state index contributed by atoms with van der Waals surface area (Å²) in [5, 5.41) is 14.5. The van der Waals surface area contributed by atoms with Gasteiger partial charge in [0.25, 0.3) is 5.69 Å². The van der Waals surface area contributed by atoms with Crippen molar-refractivity contribution >= 4 is 17.3 Å². The van der Waals surface area contributed by atoms with E-state index in [1.54, 1.807) is 6.07 Å². The van der Waals surface area contributed by atoms with E-state index in [2.05, 4.69) is 19.2 Å². The van der Waals surface area contributed by atoms with Gasteiger partial charge < -0.3 is 11.1 Å². The maximum absolute atomic E-state index is 11.2. The Bertz CT molecular complexity index is 559. The second-order valence-corrected chi connectivity index (χ2v) is 6.00. The monoisotopic (exact) mass is 291 g/mol. The number of hydrogen-bond donors (Lipinski definition) is 2. The molecular weight excluding hydrogens is 270 g/mol. The van der Waals surface area contributed by atoms with Crippen LogP contribution in [0.3, 0.4) is 0 Å². The number of anilines is 1. The molecule has 1 aromatic carbocycles. The highest BCUT2D eigenvalue weighted by Crippen LogP contribution is 2.33. The Morgan fingerprint density at radius 1 is 1.38 bits per heavy atom. The van der Waals surface area contributed by atoms with Crippen LogP contribution in [-0.2, 0) is 0 Å². The number of hydrogen-bond acceptors (Lipinski definition) is 4. The maximum atomic E-state index is 11.2. The second kappa shape index (κ2) is 6.11. The molecule has 114 valence electrons. The average molecular weight is 291 g/mol. The summed E-state index contributed by atoms with van der Waals surface area (Å²) in [6, 6.07) is 4.55. The Kier molecular flexibility index (Phi) is 4.45. The Labute approximate surface area is 123 Å². The van der Waals surface area contributed by atoms with Crippen LogP contribution in [0.2, 0.25) is 0 Å². The minimum atomic E-state index is -0.662. The van der Waals surface area contributed by atoms with Gasteiger partial charge in [-0.05, 0) is 43.2 Å². The van der Waals surface area contributed by atoms with Crippen LogP contribution < -0.4 is 11.1 Å². The van der Waals surface area contributed by atoms with Crippen molar-refractivity contribution in [3.8, 4) is 0 Å². The number of carbonyl (C=O) groups excluding carboxylic acids is 1. The third-order valence-corrected chi connectivity index (χ3v) is 4.25. The fourth-order valence-electron chi connectivity index (χ4n) is 3.04. The molecule has 6 nitrogen and oxygen atoms in total. The standard InChI is InChI=1S/C15H21N3O3/c1-9-3-5-12(10(2)7-9)17-13-6-4-11(15(16)19)8-14(13)18(20)21/h4,6,8-10,12,17H,3,5,7H2,1-2H3,(H2,16,19). The number of nitrogens with one attached hydrogen (secondary N) is 1. The number of benzene rings is 1. The van der Waals surface area contributed by atoms with E-state index in [0.29, 0.717) is 17.5 Å². The molecule has 0 spiro atoms. The van der Waals surface area contributed by atoms with Gasteiger partial charge in [-0.25, -0.2) is 0 Å². The predicted octanol–water partition coefficient (Wildman–Crippen LogP) is 2.93. The summed E-state index contributed by atoms with van der Waals surface area (Å²) in [7, 11) is 0. The van der Waals surface area contributed by atoms with E-state index in [9.17, 15) is 14.9 Å². The summed E-state index contributed by atoms with van der Waals surface area (Å²) >= 11 is 0. The van der Waals surface area contributed by atoms with E-state index in [4.69, 9.17) is 5.73 Å². The molecule has 0 heterocycles. The lowest BCUT2D eigenvalue weighted by atomic mass is 9.80. The van der Waals surface area contributed by atoms with Crippen LogP contribution in [-0.4, -0.2) is 16.9 Å². The van der Waals surface area contributed by atoms with Gasteiger partial charge in [0.15, 0.2) is 0 Å². The Morgan fingerprint density at radius 2 is 2.10 bits per heavy atom. The van der Waals surface area contributed by atoms with Crippen LogP contribution in [0, 0.1) is 22.0 Å². The van der Waals surface area contributed by atoms with Gasteiger partial charge in [0.1, 0.15) is 5.69 Å². The second-order valence-electron chi connectivity index (χ2n) is 6.00. The summed E-state index contributed by atoms with van der Waals surface area (Å²) in [5.41, 5.74) is 5.68. The minimum Gasteiger partial charge on any atom is -0.376 e. The highest BCUT2D eigenvalue weighted by atomic mass is 16.6. The number of nitrogens with zero attached hydrogens (tertiary/aromatic N) is 1. The van der Waals surface area contributed by atoms with E-state index in [-0.39, 0.29) is 17.3 Å². The van der Waals surface area contributed by atoms with Gasteiger partial charge in [-0.2, -0.15) is 0 Å². The highest BCUT2D eigenvalue weighted by molar-refractivity contribution is 5.94. The number of amides is 1. The summed E-state index contributed by atoms with van der Waals surface area (Å²) in [5.74, 6) is 0.499. The van der Waals surface area contributed by atoms with Crippen molar-refractivity contribution in [2.45, 2.75) is 39.2 Å². The average Bonchev–Trinajstić information content (AvgIpc) is 2.41. The minimum absolute atomic E-state index is 0.0999. The molecule has 3 unspecified atom stereocenters. The molecule has 1 fully saturated rings. The molecule has 1 aliphatic rings. The Balaban J connectivity index is 2.23. The molecule has 21 heavy (non-hydrogen) atoms. The Hall–Kier alpha value is -2.11. The van der Waals surface area contributed by atoms with E-state index >= 15 is 0 Å². The van der Waals surface area contributed by atoms with E-state index in [1.165, 1.54) is 12.1 Å². The van der Waals surface area contributed by atoms with Crippen LogP contribution in [0.1, 0.15) is 43.5 Å². The first kappa shape index (κ1) is 15.3. The molecule has 0 aliphatic heterocycles. The molecule has 1 aliphatic carbocycles. The van der Waals surface area contributed by atoms with Gasteiger partial charge in [-0.1, -0.05) is 13.8 Å². The highest BCUT2D eigenvalue weighted by Gasteiger charge is 2.27. The predicted molar refractivity (Wildman–Crippen MR) is 81.2 cm³/mol. The third kappa shape index (κ3) is 3.51. The van der Waals surface area contributed by atoms with Crippen molar-refractivity contribution in [3.05, 3.63) is 33.9 Å². The molecule has 0 aromatic heterocycles. The van der Waals surface area contributed by atoms with Crippen molar-refractivity contribution < 1.29 is 9.72 Å². The first-order chi connectivity index (χ1) is 9.88. The van der Waals surface area contributed by atoms with Gasteiger partial charge in [-0.3, -0.25) is 14.9 Å². The summed E-state index contributed by atoms with van der Waals surface area (Å²) in [6.07, 6.45) is 3.23. The number of primary amides is 1. The van der Waals surface area contributed by atoms with Gasteiger partial charge in [0, 0.05) is 17.7 Å². The number of nitro benzene ring substituents is 1. The Morgan fingerprint density at radius 3 is 2.67 bits per heavy atom. The van der Waals surface area contributed by atoms with Crippen molar-refractivity contribution in [1.82, 2.24) is 0 Å². The lowest BCUT2D eigenvalue weighted by molar-refractivity contribution is -0.384. The van der Waals surface area contributed by atoms with Crippen molar-refractivity contribution in [2.75, 3.05) is 5.32 Å². The molecule has 0 saturated heterocycles. The summed E-state index contributed by atoms with van der Waals surface area (Å²) < 4.78 is 0. The number of nitrogens with two attached hydrogens (primary N) is 1. The zero-order chi connectivity index (χ0) is 15.6. The van der Waals surface area contributed by atoms with Crippen LogP contribution in [0.25, 0.3) is 0 Å². The number of nitro groups is 1.